The number of carbonyl (C=O) groups excluding carboxylic acids is 1. The van der Waals surface area contributed by atoms with Gasteiger partial charge in [0, 0.05) is 12.1 Å². The number of benzene rings is 1. The summed E-state index contributed by atoms with van der Waals surface area (Å²) in [6.45, 7) is 4.06. The van der Waals surface area contributed by atoms with Gasteiger partial charge in [-0.05, 0) is 25.5 Å². The van der Waals surface area contributed by atoms with Crippen LogP contribution < -0.4 is 10.6 Å². The molecule has 1 heterocycles. The van der Waals surface area contributed by atoms with E-state index in [1.165, 1.54) is 18.5 Å². The van der Waals surface area contributed by atoms with Crippen LogP contribution in [0.15, 0.2) is 36.7 Å². The second kappa shape index (κ2) is 6.78. The first-order chi connectivity index (χ1) is 10.1. The molecule has 0 aliphatic heterocycles. The Morgan fingerprint density at radius 1 is 1.33 bits per heavy atom. The maximum absolute atomic E-state index is 13.5. The zero-order chi connectivity index (χ0) is 15.2. The van der Waals surface area contributed by atoms with Gasteiger partial charge in [0.05, 0.1) is 5.69 Å². The van der Waals surface area contributed by atoms with E-state index in [9.17, 15) is 9.18 Å². The fourth-order valence-corrected chi connectivity index (χ4v) is 1.66. The van der Waals surface area contributed by atoms with Gasteiger partial charge in [0.2, 0.25) is 0 Å². The number of halogens is 1. The van der Waals surface area contributed by atoms with Crippen molar-refractivity contribution in [3.05, 3.63) is 48.2 Å². The van der Waals surface area contributed by atoms with Gasteiger partial charge in [-0.2, -0.15) is 0 Å². The van der Waals surface area contributed by atoms with Crippen LogP contribution in [0.1, 0.15) is 30.8 Å². The zero-order valence-electron chi connectivity index (χ0n) is 11.9. The highest BCUT2D eigenvalue weighted by Gasteiger charge is 2.11. The van der Waals surface area contributed by atoms with Gasteiger partial charge in [-0.15, -0.1) is 0 Å². The summed E-state index contributed by atoms with van der Waals surface area (Å²) in [5.41, 5.74) is 0.302. The van der Waals surface area contributed by atoms with Gasteiger partial charge in [0.25, 0.3) is 5.91 Å². The average molecular weight is 288 g/mol. The molecule has 1 aromatic heterocycles. The molecular formula is C15H17FN4O. The number of aromatic nitrogens is 2. The van der Waals surface area contributed by atoms with Gasteiger partial charge >= 0.3 is 0 Å². The summed E-state index contributed by atoms with van der Waals surface area (Å²) in [7, 11) is 0. The molecule has 0 spiro atoms. The van der Waals surface area contributed by atoms with Crippen molar-refractivity contribution in [3.8, 4) is 0 Å². The van der Waals surface area contributed by atoms with Crippen LogP contribution in [0, 0.1) is 5.82 Å². The van der Waals surface area contributed by atoms with E-state index < -0.39 is 11.7 Å². The lowest BCUT2D eigenvalue weighted by molar-refractivity contribution is 0.102. The van der Waals surface area contributed by atoms with Crippen molar-refractivity contribution in [2.45, 2.75) is 26.3 Å². The molecule has 2 N–H and O–H groups in total. The first-order valence-corrected chi connectivity index (χ1v) is 6.74. The van der Waals surface area contributed by atoms with Crippen LogP contribution in [0.4, 0.5) is 15.9 Å². The topological polar surface area (TPSA) is 66.9 Å². The summed E-state index contributed by atoms with van der Waals surface area (Å²) in [4.78, 5) is 20.0. The normalized spacial score (nSPS) is 11.8. The van der Waals surface area contributed by atoms with E-state index in [-0.39, 0.29) is 17.4 Å². The first kappa shape index (κ1) is 14.9. The Balaban J connectivity index is 2.12. The summed E-state index contributed by atoms with van der Waals surface area (Å²) in [5, 5.41) is 5.65. The lowest BCUT2D eigenvalue weighted by Gasteiger charge is -2.12. The molecule has 2 aromatic rings. The highest BCUT2D eigenvalue weighted by molar-refractivity contribution is 6.03. The van der Waals surface area contributed by atoms with Crippen LogP contribution >= 0.6 is 0 Å². The average Bonchev–Trinajstić information content (AvgIpc) is 2.49. The number of carbonyl (C=O) groups is 1. The third-order valence-electron chi connectivity index (χ3n) is 3.03. The van der Waals surface area contributed by atoms with Gasteiger partial charge in [-0.3, -0.25) is 4.79 Å². The van der Waals surface area contributed by atoms with Crippen molar-refractivity contribution in [1.82, 2.24) is 9.97 Å². The smallest absolute Gasteiger partial charge is 0.274 e. The molecule has 2 rings (SSSR count). The Bertz CT molecular complexity index is 633. The molecular weight excluding hydrogens is 271 g/mol. The molecule has 0 radical (unpaired) electrons. The number of amides is 1. The van der Waals surface area contributed by atoms with Crippen molar-refractivity contribution in [2.75, 3.05) is 10.6 Å². The molecule has 0 aliphatic rings. The predicted molar refractivity (Wildman–Crippen MR) is 79.8 cm³/mol. The number of para-hydroxylation sites is 1. The fraction of sp³-hybridized carbons (Fsp3) is 0.267. The summed E-state index contributed by atoms with van der Waals surface area (Å²) >= 11 is 0. The number of nitrogens with zero attached hydrogens (tertiary/aromatic N) is 2. The van der Waals surface area contributed by atoms with E-state index in [1.807, 2.05) is 13.8 Å². The Morgan fingerprint density at radius 3 is 2.81 bits per heavy atom. The number of nitrogens with one attached hydrogen (secondary N) is 2. The molecule has 0 fully saturated rings. The minimum Gasteiger partial charge on any atom is -0.368 e. The van der Waals surface area contributed by atoms with Crippen molar-refractivity contribution < 1.29 is 9.18 Å². The molecule has 1 aromatic carbocycles. The van der Waals surface area contributed by atoms with Crippen LogP contribution in [0.3, 0.4) is 0 Å². The molecule has 1 unspecified atom stereocenters. The van der Waals surface area contributed by atoms with Crippen LogP contribution in [0.2, 0.25) is 0 Å². The molecule has 1 atom stereocenters. The van der Waals surface area contributed by atoms with Crippen molar-refractivity contribution in [2.24, 2.45) is 0 Å². The van der Waals surface area contributed by atoms with Gasteiger partial charge in [0.1, 0.15) is 23.7 Å². The monoisotopic (exact) mass is 288 g/mol. The first-order valence-electron chi connectivity index (χ1n) is 6.74. The van der Waals surface area contributed by atoms with E-state index in [0.29, 0.717) is 5.82 Å². The summed E-state index contributed by atoms with van der Waals surface area (Å²) in [6.07, 6.45) is 2.24. The van der Waals surface area contributed by atoms with Gasteiger partial charge in [0.15, 0.2) is 0 Å². The van der Waals surface area contributed by atoms with E-state index in [2.05, 4.69) is 20.6 Å². The number of rotatable bonds is 5. The summed E-state index contributed by atoms with van der Waals surface area (Å²) in [5.74, 6) is -0.398. The van der Waals surface area contributed by atoms with Crippen molar-refractivity contribution in [3.63, 3.8) is 0 Å². The quantitative estimate of drug-likeness (QED) is 0.887. The predicted octanol–water partition coefficient (Wildman–Crippen LogP) is 3.08. The highest BCUT2D eigenvalue weighted by Crippen LogP contribution is 2.14. The molecule has 0 bridgehead atoms. The number of anilines is 2. The molecule has 0 saturated heterocycles. The molecule has 5 nitrogen and oxygen atoms in total. The van der Waals surface area contributed by atoms with E-state index in [1.54, 1.807) is 18.2 Å². The molecule has 0 aliphatic carbocycles. The second-order valence-electron chi connectivity index (χ2n) is 4.68. The number of hydrogen-bond donors (Lipinski definition) is 2. The highest BCUT2D eigenvalue weighted by atomic mass is 19.1. The molecule has 1 amide bonds. The lowest BCUT2D eigenvalue weighted by Crippen LogP contribution is -2.18. The Morgan fingerprint density at radius 2 is 2.10 bits per heavy atom. The van der Waals surface area contributed by atoms with Crippen molar-refractivity contribution >= 4 is 17.4 Å². The van der Waals surface area contributed by atoms with Crippen LogP contribution in [0.5, 0.6) is 0 Å². The van der Waals surface area contributed by atoms with Gasteiger partial charge in [-0.25, -0.2) is 14.4 Å². The molecule has 6 heteroatoms. The zero-order valence-corrected chi connectivity index (χ0v) is 11.9. The lowest BCUT2D eigenvalue weighted by atomic mass is 10.2. The van der Waals surface area contributed by atoms with Crippen LogP contribution in [-0.4, -0.2) is 21.9 Å². The van der Waals surface area contributed by atoms with E-state index >= 15 is 0 Å². The SMILES string of the molecule is CCC(C)Nc1cc(C(=O)Nc2ccccc2F)ncn1. The van der Waals surface area contributed by atoms with E-state index in [4.69, 9.17) is 0 Å². The maximum atomic E-state index is 13.5. The molecule has 0 saturated carbocycles. The number of hydrogen-bond acceptors (Lipinski definition) is 4. The molecule has 21 heavy (non-hydrogen) atoms. The third-order valence-corrected chi connectivity index (χ3v) is 3.03. The fourth-order valence-electron chi connectivity index (χ4n) is 1.66. The van der Waals surface area contributed by atoms with Gasteiger partial charge < -0.3 is 10.6 Å². The largest absolute Gasteiger partial charge is 0.368 e. The standard InChI is InChI=1S/C15H17FN4O/c1-3-10(2)19-14-8-13(17-9-18-14)15(21)20-12-7-5-4-6-11(12)16/h4-10H,3H2,1-2H3,(H,20,21)(H,17,18,19). The van der Waals surface area contributed by atoms with Crippen molar-refractivity contribution in [1.29, 1.82) is 0 Å². The van der Waals surface area contributed by atoms with Gasteiger partial charge in [-0.1, -0.05) is 19.1 Å². The summed E-state index contributed by atoms with van der Waals surface area (Å²) in [6, 6.07) is 7.77. The molecule has 110 valence electrons. The Kier molecular flexibility index (Phi) is 4.81. The summed E-state index contributed by atoms with van der Waals surface area (Å²) < 4.78 is 13.5. The maximum Gasteiger partial charge on any atom is 0.274 e. The second-order valence-corrected chi connectivity index (χ2v) is 4.68. The minimum atomic E-state index is -0.488. The van der Waals surface area contributed by atoms with Crippen LogP contribution in [0.25, 0.3) is 0 Å². The van der Waals surface area contributed by atoms with E-state index in [0.717, 1.165) is 6.42 Å². The Hall–Kier alpha value is -2.50. The third kappa shape index (κ3) is 3.98. The van der Waals surface area contributed by atoms with Crippen LogP contribution in [-0.2, 0) is 0 Å². The Labute approximate surface area is 122 Å². The minimum absolute atomic E-state index is 0.123.